The van der Waals surface area contributed by atoms with Gasteiger partial charge in [0.25, 0.3) is 0 Å². The first-order valence-corrected chi connectivity index (χ1v) is 9.13. The van der Waals surface area contributed by atoms with Gasteiger partial charge in [-0.05, 0) is 25.1 Å². The third-order valence-corrected chi connectivity index (χ3v) is 4.51. The van der Waals surface area contributed by atoms with Crippen molar-refractivity contribution in [1.82, 2.24) is 19.9 Å². The fourth-order valence-electron chi connectivity index (χ4n) is 3.20. The van der Waals surface area contributed by atoms with Gasteiger partial charge in [0.15, 0.2) is 0 Å². The number of imidazole rings is 1. The second-order valence-electron chi connectivity index (χ2n) is 6.22. The third-order valence-electron chi connectivity index (χ3n) is 4.51. The predicted octanol–water partition coefficient (Wildman–Crippen LogP) is 3.00. The van der Waals surface area contributed by atoms with E-state index >= 15 is 0 Å². The summed E-state index contributed by atoms with van der Waals surface area (Å²) in [6.07, 6.45) is 5.93. The second-order valence-corrected chi connectivity index (χ2v) is 6.22. The maximum absolute atomic E-state index is 9.86. The SMILES string of the molecule is CCN1C(=C(C#N)c2ccnc(NCCc3c[nH]cn3)n2)Nc2ccccc21. The maximum Gasteiger partial charge on any atom is 0.223 e. The number of allylic oxidation sites excluding steroid dienone is 1. The topological polar surface area (TPSA) is 106 Å². The molecule has 0 spiro atoms. The molecule has 3 aromatic rings. The zero-order valence-corrected chi connectivity index (χ0v) is 15.5. The van der Waals surface area contributed by atoms with E-state index in [1.54, 1.807) is 18.6 Å². The molecule has 2 aromatic heterocycles. The molecule has 0 saturated heterocycles. The van der Waals surface area contributed by atoms with Gasteiger partial charge in [-0.1, -0.05) is 12.1 Å². The molecule has 0 unspecified atom stereocenters. The minimum atomic E-state index is 0.482. The quantitative estimate of drug-likeness (QED) is 0.571. The van der Waals surface area contributed by atoms with Crippen molar-refractivity contribution in [2.75, 3.05) is 28.6 Å². The number of fused-ring (bicyclic) bond motifs is 1. The molecule has 0 radical (unpaired) electrons. The van der Waals surface area contributed by atoms with Crippen molar-refractivity contribution in [3.63, 3.8) is 0 Å². The third kappa shape index (κ3) is 3.38. The summed E-state index contributed by atoms with van der Waals surface area (Å²) in [6, 6.07) is 12.1. The fraction of sp³-hybridized carbons (Fsp3) is 0.200. The summed E-state index contributed by atoms with van der Waals surface area (Å²) >= 11 is 0. The van der Waals surface area contributed by atoms with E-state index in [0.717, 1.165) is 35.9 Å². The molecule has 28 heavy (non-hydrogen) atoms. The van der Waals surface area contributed by atoms with Gasteiger partial charge in [-0.25, -0.2) is 15.0 Å². The first-order chi connectivity index (χ1) is 13.8. The molecule has 3 N–H and O–H groups in total. The van der Waals surface area contributed by atoms with Crippen molar-refractivity contribution in [3.8, 4) is 6.07 Å². The molecular weight excluding hydrogens is 352 g/mol. The molecule has 0 saturated carbocycles. The Morgan fingerprint density at radius 2 is 2.14 bits per heavy atom. The molecule has 3 heterocycles. The monoisotopic (exact) mass is 372 g/mol. The van der Waals surface area contributed by atoms with Gasteiger partial charge in [-0.15, -0.1) is 0 Å². The van der Waals surface area contributed by atoms with Gasteiger partial charge in [-0.2, -0.15) is 5.26 Å². The van der Waals surface area contributed by atoms with Crippen LogP contribution in [0.4, 0.5) is 17.3 Å². The number of H-pyrrole nitrogens is 1. The van der Waals surface area contributed by atoms with E-state index in [1.807, 2.05) is 30.5 Å². The minimum Gasteiger partial charge on any atom is -0.354 e. The van der Waals surface area contributed by atoms with E-state index in [0.29, 0.717) is 23.8 Å². The number of hydrogen-bond acceptors (Lipinski definition) is 7. The normalized spacial score (nSPS) is 14.2. The summed E-state index contributed by atoms with van der Waals surface area (Å²) in [5, 5.41) is 16.4. The van der Waals surface area contributed by atoms with Gasteiger partial charge in [0.05, 0.1) is 29.1 Å². The van der Waals surface area contributed by atoms with Crippen LogP contribution in [0.5, 0.6) is 0 Å². The lowest BCUT2D eigenvalue weighted by Gasteiger charge is -2.19. The largest absolute Gasteiger partial charge is 0.354 e. The van der Waals surface area contributed by atoms with Gasteiger partial charge in [0.2, 0.25) is 5.95 Å². The number of benzene rings is 1. The Morgan fingerprint density at radius 1 is 1.25 bits per heavy atom. The molecule has 140 valence electrons. The number of aromatic amines is 1. The summed E-state index contributed by atoms with van der Waals surface area (Å²) in [5.41, 5.74) is 4.07. The lowest BCUT2D eigenvalue weighted by atomic mass is 10.2. The van der Waals surface area contributed by atoms with Crippen molar-refractivity contribution >= 4 is 22.9 Å². The van der Waals surface area contributed by atoms with Crippen LogP contribution in [-0.4, -0.2) is 33.0 Å². The number of anilines is 3. The number of nitriles is 1. The number of nitrogens with zero attached hydrogens (tertiary/aromatic N) is 5. The van der Waals surface area contributed by atoms with E-state index in [9.17, 15) is 5.26 Å². The van der Waals surface area contributed by atoms with Crippen molar-refractivity contribution in [1.29, 1.82) is 5.26 Å². The average molecular weight is 372 g/mol. The number of para-hydroxylation sites is 2. The lowest BCUT2D eigenvalue weighted by molar-refractivity contribution is 0.950. The molecule has 1 aliphatic rings. The van der Waals surface area contributed by atoms with Gasteiger partial charge in [-0.3, -0.25) is 0 Å². The summed E-state index contributed by atoms with van der Waals surface area (Å²) < 4.78 is 0. The molecule has 0 bridgehead atoms. The van der Waals surface area contributed by atoms with Crippen LogP contribution in [0.1, 0.15) is 18.3 Å². The number of nitrogens with one attached hydrogen (secondary N) is 3. The Kier molecular flexibility index (Phi) is 4.89. The highest BCUT2D eigenvalue weighted by Crippen LogP contribution is 2.38. The molecule has 1 aromatic carbocycles. The molecule has 4 rings (SSSR count). The summed E-state index contributed by atoms with van der Waals surface area (Å²) in [6.45, 7) is 3.45. The fourth-order valence-corrected chi connectivity index (χ4v) is 3.20. The van der Waals surface area contributed by atoms with E-state index in [4.69, 9.17) is 0 Å². The van der Waals surface area contributed by atoms with E-state index in [1.165, 1.54) is 0 Å². The number of hydrogen-bond donors (Lipinski definition) is 3. The Labute approximate surface area is 163 Å². The van der Waals surface area contributed by atoms with Crippen molar-refractivity contribution in [2.24, 2.45) is 0 Å². The molecule has 8 nitrogen and oxygen atoms in total. The lowest BCUT2D eigenvalue weighted by Crippen LogP contribution is -2.21. The first-order valence-electron chi connectivity index (χ1n) is 9.13. The van der Waals surface area contributed by atoms with Crippen LogP contribution in [0.2, 0.25) is 0 Å². The van der Waals surface area contributed by atoms with E-state index < -0.39 is 0 Å². The Hall–Kier alpha value is -3.86. The van der Waals surface area contributed by atoms with Crippen molar-refractivity contribution in [2.45, 2.75) is 13.3 Å². The zero-order chi connectivity index (χ0) is 19.3. The zero-order valence-electron chi connectivity index (χ0n) is 15.5. The second kappa shape index (κ2) is 7.80. The summed E-state index contributed by atoms with van der Waals surface area (Å²) in [5.74, 6) is 1.23. The maximum atomic E-state index is 9.86. The smallest absolute Gasteiger partial charge is 0.223 e. The molecule has 0 amide bonds. The van der Waals surface area contributed by atoms with Crippen LogP contribution in [0, 0.1) is 11.3 Å². The number of aromatic nitrogens is 4. The molecule has 0 aliphatic carbocycles. The highest BCUT2D eigenvalue weighted by Gasteiger charge is 2.26. The van der Waals surface area contributed by atoms with Gasteiger partial charge in [0.1, 0.15) is 17.5 Å². The van der Waals surface area contributed by atoms with Crippen LogP contribution in [0.3, 0.4) is 0 Å². The van der Waals surface area contributed by atoms with E-state index in [-0.39, 0.29) is 0 Å². The van der Waals surface area contributed by atoms with Crippen molar-refractivity contribution < 1.29 is 0 Å². The Bertz CT molecular complexity index is 1030. The van der Waals surface area contributed by atoms with Crippen LogP contribution in [0.25, 0.3) is 5.57 Å². The molecular formula is C20H20N8. The highest BCUT2D eigenvalue weighted by atomic mass is 15.3. The molecule has 0 atom stereocenters. The summed E-state index contributed by atoms with van der Waals surface area (Å²) in [4.78, 5) is 18.0. The number of rotatable bonds is 6. The summed E-state index contributed by atoms with van der Waals surface area (Å²) in [7, 11) is 0. The Balaban J connectivity index is 1.58. The minimum absolute atomic E-state index is 0.482. The van der Waals surface area contributed by atoms with Crippen LogP contribution < -0.4 is 15.5 Å². The van der Waals surface area contributed by atoms with Crippen LogP contribution >= 0.6 is 0 Å². The predicted molar refractivity (Wildman–Crippen MR) is 108 cm³/mol. The van der Waals surface area contributed by atoms with E-state index in [2.05, 4.69) is 48.5 Å². The van der Waals surface area contributed by atoms with Gasteiger partial charge in [0, 0.05) is 31.9 Å². The average Bonchev–Trinajstić information content (AvgIpc) is 3.36. The molecule has 8 heteroatoms. The molecule has 1 aliphatic heterocycles. The van der Waals surface area contributed by atoms with Crippen LogP contribution in [0.15, 0.2) is 54.9 Å². The van der Waals surface area contributed by atoms with Gasteiger partial charge >= 0.3 is 0 Å². The van der Waals surface area contributed by atoms with Gasteiger partial charge < -0.3 is 20.5 Å². The Morgan fingerprint density at radius 3 is 2.93 bits per heavy atom. The highest BCUT2D eigenvalue weighted by molar-refractivity contribution is 5.90. The molecule has 0 fully saturated rings. The standard InChI is InChI=1S/C20H20N8/c1-2-28-18-6-4-3-5-17(18)26-19(28)15(11-21)16-8-10-24-20(27-16)23-9-7-14-12-22-13-25-14/h3-6,8,10,12-13,26H,2,7,9H2,1H3,(H,22,25)(H,23,24,27). The van der Waals surface area contributed by atoms with Crippen molar-refractivity contribution in [3.05, 3.63) is 66.3 Å². The first kappa shape index (κ1) is 17.5. The van der Waals surface area contributed by atoms with Crippen LogP contribution in [-0.2, 0) is 6.42 Å².